The van der Waals surface area contributed by atoms with E-state index >= 15 is 0 Å². The van der Waals surface area contributed by atoms with Crippen LogP contribution in [0.4, 0.5) is 0 Å². The number of hydrogen-bond acceptors (Lipinski definition) is 4. The van der Waals surface area contributed by atoms with Crippen LogP contribution in [-0.4, -0.2) is 45.1 Å². The summed E-state index contributed by atoms with van der Waals surface area (Å²) >= 11 is 0. The molecule has 142 valence electrons. The molecular weight excluding hydrogens is 362 g/mol. The van der Waals surface area contributed by atoms with Gasteiger partial charge in [-0.1, -0.05) is 0 Å². The molecule has 0 N–H and O–H groups in total. The van der Waals surface area contributed by atoms with Crippen LogP contribution in [0.5, 0.6) is 0 Å². The number of benzene rings is 1. The van der Waals surface area contributed by atoms with Crippen LogP contribution >= 0.6 is 0 Å². The molecule has 3 heterocycles. The third-order valence-electron chi connectivity index (χ3n) is 5.18. The highest BCUT2D eigenvalue weighted by Crippen LogP contribution is 2.30. The van der Waals surface area contributed by atoms with E-state index in [4.69, 9.17) is 0 Å². The lowest BCUT2D eigenvalue weighted by atomic mass is 9.97. The molecule has 4 rings (SSSR count). The van der Waals surface area contributed by atoms with Crippen molar-refractivity contribution in [3.63, 3.8) is 0 Å². The SMILES string of the molecule is CCn1cnnc1C1CCN(S(=O)(=O)c2ccc(-n3cccc3)cc2)CC1. The first kappa shape index (κ1) is 17.9. The summed E-state index contributed by atoms with van der Waals surface area (Å²) in [6.45, 7) is 3.89. The number of sulfonamides is 1. The van der Waals surface area contributed by atoms with E-state index in [0.29, 0.717) is 18.0 Å². The topological polar surface area (TPSA) is 73.0 Å². The lowest BCUT2D eigenvalue weighted by molar-refractivity contribution is 0.309. The Morgan fingerprint density at radius 3 is 2.37 bits per heavy atom. The van der Waals surface area contributed by atoms with E-state index in [2.05, 4.69) is 17.1 Å². The molecular formula is C19H23N5O2S. The largest absolute Gasteiger partial charge is 0.324 e. The molecule has 2 aromatic heterocycles. The first-order valence-corrected chi connectivity index (χ1v) is 10.6. The van der Waals surface area contributed by atoms with Gasteiger partial charge in [-0.15, -0.1) is 10.2 Å². The molecule has 0 aliphatic carbocycles. The Morgan fingerprint density at radius 2 is 1.74 bits per heavy atom. The highest BCUT2D eigenvalue weighted by Gasteiger charge is 2.31. The predicted molar refractivity (Wildman–Crippen MR) is 102 cm³/mol. The van der Waals surface area contributed by atoms with Gasteiger partial charge in [0, 0.05) is 43.6 Å². The second-order valence-corrected chi connectivity index (χ2v) is 8.68. The summed E-state index contributed by atoms with van der Waals surface area (Å²) in [6.07, 6.45) is 7.14. The smallest absolute Gasteiger partial charge is 0.243 e. The van der Waals surface area contributed by atoms with Gasteiger partial charge in [-0.3, -0.25) is 0 Å². The van der Waals surface area contributed by atoms with Gasteiger partial charge in [0.05, 0.1) is 4.90 Å². The maximum absolute atomic E-state index is 13.0. The van der Waals surface area contributed by atoms with Gasteiger partial charge in [-0.25, -0.2) is 8.42 Å². The molecule has 0 unspecified atom stereocenters. The van der Waals surface area contributed by atoms with E-state index in [1.807, 2.05) is 45.8 Å². The number of aryl methyl sites for hydroxylation is 1. The first-order chi connectivity index (χ1) is 13.1. The summed E-state index contributed by atoms with van der Waals surface area (Å²) in [5.41, 5.74) is 0.941. The van der Waals surface area contributed by atoms with Crippen molar-refractivity contribution in [2.45, 2.75) is 37.1 Å². The molecule has 7 nitrogen and oxygen atoms in total. The quantitative estimate of drug-likeness (QED) is 0.677. The van der Waals surface area contributed by atoms with Crippen molar-refractivity contribution >= 4 is 10.0 Å². The van der Waals surface area contributed by atoms with Crippen molar-refractivity contribution in [3.8, 4) is 5.69 Å². The minimum atomic E-state index is -3.47. The van der Waals surface area contributed by atoms with Crippen LogP contribution in [0.25, 0.3) is 5.69 Å². The lowest BCUT2D eigenvalue weighted by Crippen LogP contribution is -2.38. The Hall–Kier alpha value is -2.45. The Morgan fingerprint density at radius 1 is 1.07 bits per heavy atom. The molecule has 8 heteroatoms. The minimum absolute atomic E-state index is 0.259. The zero-order chi connectivity index (χ0) is 18.9. The normalized spacial score (nSPS) is 16.6. The van der Waals surface area contributed by atoms with Crippen LogP contribution in [0, 0.1) is 0 Å². The van der Waals surface area contributed by atoms with E-state index in [-0.39, 0.29) is 5.92 Å². The molecule has 1 aromatic carbocycles. The second-order valence-electron chi connectivity index (χ2n) is 6.74. The molecule has 0 bridgehead atoms. The Bertz CT molecular complexity index is 985. The third-order valence-corrected chi connectivity index (χ3v) is 7.10. The zero-order valence-electron chi connectivity index (χ0n) is 15.3. The Labute approximate surface area is 159 Å². The van der Waals surface area contributed by atoms with E-state index in [0.717, 1.165) is 30.9 Å². The van der Waals surface area contributed by atoms with Gasteiger partial charge in [0.25, 0.3) is 0 Å². The van der Waals surface area contributed by atoms with Gasteiger partial charge < -0.3 is 9.13 Å². The van der Waals surface area contributed by atoms with Crippen LogP contribution in [0.2, 0.25) is 0 Å². The third kappa shape index (κ3) is 3.42. The van der Waals surface area contributed by atoms with Crippen LogP contribution in [0.15, 0.2) is 60.0 Å². The number of hydrogen-bond donors (Lipinski definition) is 0. The van der Waals surface area contributed by atoms with Gasteiger partial charge in [-0.2, -0.15) is 4.31 Å². The van der Waals surface area contributed by atoms with E-state index in [1.165, 1.54) is 0 Å². The second kappa shape index (κ2) is 7.28. The van der Waals surface area contributed by atoms with E-state index in [9.17, 15) is 8.42 Å². The summed E-state index contributed by atoms with van der Waals surface area (Å²) in [5.74, 6) is 1.22. The molecule has 1 saturated heterocycles. The van der Waals surface area contributed by atoms with Crippen LogP contribution in [0.3, 0.4) is 0 Å². The van der Waals surface area contributed by atoms with Crippen molar-refractivity contribution in [1.29, 1.82) is 0 Å². The fourth-order valence-corrected chi connectivity index (χ4v) is 5.09. The summed E-state index contributed by atoms with van der Waals surface area (Å²) in [6, 6.07) is 10.9. The van der Waals surface area contributed by atoms with Crippen molar-refractivity contribution in [3.05, 3.63) is 60.9 Å². The van der Waals surface area contributed by atoms with Gasteiger partial charge in [0.1, 0.15) is 12.2 Å². The summed E-state index contributed by atoms with van der Waals surface area (Å²) in [7, 11) is -3.47. The first-order valence-electron chi connectivity index (χ1n) is 9.21. The molecule has 0 radical (unpaired) electrons. The fourth-order valence-electron chi connectivity index (χ4n) is 3.62. The maximum Gasteiger partial charge on any atom is 0.243 e. The summed E-state index contributed by atoms with van der Waals surface area (Å²) < 4.78 is 31.5. The predicted octanol–water partition coefficient (Wildman–Crippen LogP) is 2.66. The molecule has 27 heavy (non-hydrogen) atoms. The average molecular weight is 385 g/mol. The maximum atomic E-state index is 13.0. The Balaban J connectivity index is 1.47. The van der Waals surface area contributed by atoms with Gasteiger partial charge in [-0.05, 0) is 56.2 Å². The van der Waals surface area contributed by atoms with Crippen molar-refractivity contribution in [2.24, 2.45) is 0 Å². The number of nitrogens with zero attached hydrogens (tertiary/aromatic N) is 5. The average Bonchev–Trinajstić information content (AvgIpc) is 3.40. The van der Waals surface area contributed by atoms with Gasteiger partial charge >= 0.3 is 0 Å². The number of rotatable bonds is 5. The monoisotopic (exact) mass is 385 g/mol. The van der Waals surface area contributed by atoms with E-state index < -0.39 is 10.0 Å². The van der Waals surface area contributed by atoms with E-state index in [1.54, 1.807) is 22.8 Å². The molecule has 0 amide bonds. The minimum Gasteiger partial charge on any atom is -0.324 e. The highest BCUT2D eigenvalue weighted by atomic mass is 32.2. The highest BCUT2D eigenvalue weighted by molar-refractivity contribution is 7.89. The Kier molecular flexibility index (Phi) is 4.84. The van der Waals surface area contributed by atoms with Crippen LogP contribution in [-0.2, 0) is 16.6 Å². The van der Waals surface area contributed by atoms with Crippen molar-refractivity contribution in [1.82, 2.24) is 23.6 Å². The standard InChI is InChI=1S/C19H23N5O2S/c1-2-22-15-20-21-19(22)16-9-13-24(14-10-16)27(25,26)18-7-5-17(6-8-18)23-11-3-4-12-23/h3-8,11-12,15-16H,2,9-10,13-14H2,1H3. The molecule has 0 atom stereocenters. The zero-order valence-corrected chi connectivity index (χ0v) is 16.1. The fraction of sp³-hybridized carbons (Fsp3) is 0.368. The summed E-state index contributed by atoms with van der Waals surface area (Å²) in [4.78, 5) is 0.341. The van der Waals surface area contributed by atoms with Crippen LogP contribution < -0.4 is 0 Å². The van der Waals surface area contributed by atoms with Gasteiger partial charge in [0.2, 0.25) is 10.0 Å². The van der Waals surface area contributed by atoms with Gasteiger partial charge in [0.15, 0.2) is 0 Å². The summed E-state index contributed by atoms with van der Waals surface area (Å²) in [5, 5.41) is 8.22. The molecule has 3 aromatic rings. The molecule has 0 spiro atoms. The molecule has 1 aliphatic heterocycles. The van der Waals surface area contributed by atoms with Crippen molar-refractivity contribution < 1.29 is 8.42 Å². The number of piperidine rings is 1. The van der Waals surface area contributed by atoms with Crippen LogP contribution in [0.1, 0.15) is 31.5 Å². The van der Waals surface area contributed by atoms with Crippen molar-refractivity contribution in [2.75, 3.05) is 13.1 Å². The molecule has 1 aliphatic rings. The lowest BCUT2D eigenvalue weighted by Gasteiger charge is -2.30. The number of aromatic nitrogens is 4. The molecule has 1 fully saturated rings. The molecule has 0 saturated carbocycles.